The van der Waals surface area contributed by atoms with Gasteiger partial charge in [-0.3, -0.25) is 4.79 Å². The lowest BCUT2D eigenvalue weighted by molar-refractivity contribution is -0.142. The van der Waals surface area contributed by atoms with Crippen LogP contribution in [0.3, 0.4) is 0 Å². The first-order valence-electron chi connectivity index (χ1n) is 12.7. The Labute approximate surface area is 214 Å². The highest BCUT2D eigenvalue weighted by molar-refractivity contribution is 5.77. The average Bonchev–Trinajstić information content (AvgIpc) is 3.50. The van der Waals surface area contributed by atoms with Crippen LogP contribution in [-0.4, -0.2) is 87.5 Å². The van der Waals surface area contributed by atoms with Gasteiger partial charge in [0.05, 0.1) is 49.4 Å². The molecule has 2 amide bonds. The molecule has 3 aliphatic rings. The van der Waals surface area contributed by atoms with Crippen molar-refractivity contribution in [2.45, 2.75) is 45.1 Å². The van der Waals surface area contributed by atoms with Gasteiger partial charge in [0.2, 0.25) is 0 Å². The molecule has 2 saturated heterocycles. The summed E-state index contributed by atoms with van der Waals surface area (Å²) in [4.78, 5) is 34.6. The number of carbonyl (C=O) groups excluding carboxylic acids is 2. The number of hydrogen-bond acceptors (Lipinski definition) is 7. The highest BCUT2D eigenvalue weighted by Gasteiger charge is 2.41. The van der Waals surface area contributed by atoms with Crippen LogP contribution in [0, 0.1) is 18.8 Å². The van der Waals surface area contributed by atoms with Crippen LogP contribution < -0.4 is 4.90 Å². The van der Waals surface area contributed by atoms with Gasteiger partial charge in [0.15, 0.2) is 0 Å². The standard InChI is InChI=1S/C25H33F2N7O3/c1-16-20(34-13-18(10-22(35)37-3)11-25(26,27)15-34)7-6-19(28-16)23-21(31(2)30-29-23)14-33-9-8-32(24(33)36)12-17-4-5-17/h6-7,17-18H,4-5,8-15H2,1-3H3/t18-/m0/s1. The van der Waals surface area contributed by atoms with Gasteiger partial charge in [-0.2, -0.15) is 0 Å². The molecular weight excluding hydrogens is 484 g/mol. The Hall–Kier alpha value is -3.31. The molecule has 5 rings (SSSR count). The molecule has 1 atom stereocenters. The maximum absolute atomic E-state index is 14.5. The number of methoxy groups -OCH3 is 1. The Kier molecular flexibility index (Phi) is 6.76. The van der Waals surface area contributed by atoms with Crippen LogP contribution in [0.5, 0.6) is 0 Å². The van der Waals surface area contributed by atoms with Crippen LogP contribution in [0.1, 0.15) is 37.1 Å². The number of aryl methyl sites for hydroxylation is 2. The predicted octanol–water partition coefficient (Wildman–Crippen LogP) is 2.86. The molecule has 0 unspecified atom stereocenters. The normalized spacial score (nSPS) is 21.6. The number of alkyl halides is 2. The Morgan fingerprint density at radius 3 is 2.65 bits per heavy atom. The molecule has 10 nitrogen and oxygen atoms in total. The number of pyridine rings is 1. The van der Waals surface area contributed by atoms with Gasteiger partial charge in [0.25, 0.3) is 5.92 Å². The minimum Gasteiger partial charge on any atom is -0.469 e. The zero-order valence-corrected chi connectivity index (χ0v) is 21.5. The summed E-state index contributed by atoms with van der Waals surface area (Å²) in [7, 11) is 3.05. The zero-order chi connectivity index (χ0) is 26.3. The van der Waals surface area contributed by atoms with E-state index in [2.05, 4.69) is 15.0 Å². The van der Waals surface area contributed by atoms with E-state index in [0.717, 1.165) is 18.8 Å². The first kappa shape index (κ1) is 25.3. The van der Waals surface area contributed by atoms with Gasteiger partial charge in [0.1, 0.15) is 5.69 Å². The summed E-state index contributed by atoms with van der Waals surface area (Å²) in [6.45, 7) is 4.22. The van der Waals surface area contributed by atoms with Crippen LogP contribution in [0.15, 0.2) is 12.1 Å². The van der Waals surface area contributed by atoms with Crippen molar-refractivity contribution in [3.05, 3.63) is 23.5 Å². The highest BCUT2D eigenvalue weighted by atomic mass is 19.3. The number of aromatic nitrogens is 4. The molecule has 200 valence electrons. The molecule has 0 radical (unpaired) electrons. The van der Waals surface area contributed by atoms with E-state index in [1.165, 1.54) is 20.0 Å². The number of rotatable bonds is 8. The smallest absolute Gasteiger partial charge is 0.320 e. The van der Waals surface area contributed by atoms with Crippen molar-refractivity contribution in [2.24, 2.45) is 18.9 Å². The molecule has 0 spiro atoms. The Morgan fingerprint density at radius 1 is 1.19 bits per heavy atom. The molecule has 3 fully saturated rings. The third-order valence-corrected chi connectivity index (χ3v) is 7.45. The van der Waals surface area contributed by atoms with E-state index < -0.39 is 24.4 Å². The van der Waals surface area contributed by atoms with Gasteiger partial charge in [0, 0.05) is 39.6 Å². The zero-order valence-electron chi connectivity index (χ0n) is 21.5. The highest BCUT2D eigenvalue weighted by Crippen LogP contribution is 2.36. The molecule has 37 heavy (non-hydrogen) atoms. The molecule has 0 bridgehead atoms. The second-order valence-corrected chi connectivity index (χ2v) is 10.5. The molecule has 1 aliphatic carbocycles. The van der Waals surface area contributed by atoms with Crippen molar-refractivity contribution in [3.8, 4) is 11.4 Å². The number of amides is 2. The number of hydrogen-bond donors (Lipinski definition) is 0. The van der Waals surface area contributed by atoms with E-state index in [1.807, 2.05) is 9.80 Å². The lowest BCUT2D eigenvalue weighted by atomic mass is 9.91. The van der Waals surface area contributed by atoms with Gasteiger partial charge >= 0.3 is 12.0 Å². The number of carbonyl (C=O) groups is 2. The van der Waals surface area contributed by atoms with E-state index in [0.29, 0.717) is 48.3 Å². The summed E-state index contributed by atoms with van der Waals surface area (Å²) >= 11 is 0. The number of piperidine rings is 1. The maximum Gasteiger partial charge on any atom is 0.320 e. The molecule has 4 heterocycles. The fraction of sp³-hybridized carbons (Fsp3) is 0.640. The summed E-state index contributed by atoms with van der Waals surface area (Å²) in [5, 5.41) is 8.47. The number of ether oxygens (including phenoxy) is 1. The minimum absolute atomic E-state index is 0.0334. The summed E-state index contributed by atoms with van der Waals surface area (Å²) in [5.74, 6) is -3.29. The maximum atomic E-state index is 14.5. The van der Waals surface area contributed by atoms with E-state index in [4.69, 9.17) is 4.98 Å². The molecule has 1 saturated carbocycles. The van der Waals surface area contributed by atoms with Crippen molar-refractivity contribution in [3.63, 3.8) is 0 Å². The second-order valence-electron chi connectivity index (χ2n) is 10.5. The molecule has 12 heteroatoms. The Morgan fingerprint density at radius 2 is 1.95 bits per heavy atom. The Balaban J connectivity index is 1.33. The summed E-state index contributed by atoms with van der Waals surface area (Å²) in [6, 6.07) is 3.56. The van der Waals surface area contributed by atoms with E-state index in [1.54, 1.807) is 35.7 Å². The number of nitrogens with zero attached hydrogens (tertiary/aromatic N) is 7. The fourth-order valence-electron chi connectivity index (χ4n) is 5.36. The quantitative estimate of drug-likeness (QED) is 0.497. The van der Waals surface area contributed by atoms with Crippen molar-refractivity contribution in [1.29, 1.82) is 0 Å². The van der Waals surface area contributed by atoms with Crippen molar-refractivity contribution in [2.75, 3.05) is 44.7 Å². The number of esters is 1. The lowest BCUT2D eigenvalue weighted by Crippen LogP contribution is -2.48. The van der Waals surface area contributed by atoms with Crippen LogP contribution in [0.25, 0.3) is 11.4 Å². The third-order valence-electron chi connectivity index (χ3n) is 7.45. The van der Waals surface area contributed by atoms with E-state index in [9.17, 15) is 18.4 Å². The van der Waals surface area contributed by atoms with Crippen LogP contribution in [-0.2, 0) is 23.1 Å². The first-order chi connectivity index (χ1) is 17.6. The average molecular weight is 518 g/mol. The van der Waals surface area contributed by atoms with Crippen molar-refractivity contribution in [1.82, 2.24) is 29.8 Å². The summed E-state index contributed by atoms with van der Waals surface area (Å²) < 4.78 is 35.4. The lowest BCUT2D eigenvalue weighted by Gasteiger charge is -2.39. The van der Waals surface area contributed by atoms with Gasteiger partial charge in [-0.05, 0) is 43.7 Å². The largest absolute Gasteiger partial charge is 0.469 e. The summed E-state index contributed by atoms with van der Waals surface area (Å²) in [6.07, 6.45) is 1.99. The first-order valence-corrected chi connectivity index (χ1v) is 12.7. The van der Waals surface area contributed by atoms with Gasteiger partial charge in [-0.1, -0.05) is 5.21 Å². The van der Waals surface area contributed by atoms with Crippen LogP contribution in [0.2, 0.25) is 0 Å². The number of anilines is 1. The monoisotopic (exact) mass is 517 g/mol. The SMILES string of the molecule is COC(=O)C[C@@H]1CN(c2ccc(-c3nnn(C)c3CN3CCN(CC4CC4)C3=O)nc2C)CC(F)(F)C1. The van der Waals surface area contributed by atoms with Crippen LogP contribution in [0.4, 0.5) is 19.3 Å². The Bertz CT molecular complexity index is 1180. The topological polar surface area (TPSA) is 96.7 Å². The molecule has 0 N–H and O–H groups in total. The van der Waals surface area contributed by atoms with Gasteiger partial charge < -0.3 is 19.4 Å². The van der Waals surface area contributed by atoms with E-state index >= 15 is 0 Å². The molecular formula is C25H33F2N7O3. The molecule has 0 aromatic carbocycles. The second kappa shape index (κ2) is 9.86. The number of urea groups is 1. The van der Waals surface area contributed by atoms with Gasteiger partial charge in [-0.25, -0.2) is 23.2 Å². The predicted molar refractivity (Wildman–Crippen MR) is 131 cm³/mol. The van der Waals surface area contributed by atoms with Crippen LogP contribution >= 0.6 is 0 Å². The number of halogens is 2. The van der Waals surface area contributed by atoms with Gasteiger partial charge in [-0.15, -0.1) is 5.10 Å². The summed E-state index contributed by atoms with van der Waals surface area (Å²) in [5.41, 5.74) is 3.08. The minimum atomic E-state index is -2.92. The van der Waals surface area contributed by atoms with E-state index in [-0.39, 0.29) is 18.9 Å². The molecule has 2 aromatic rings. The van der Waals surface area contributed by atoms with Crippen molar-refractivity contribution >= 4 is 17.7 Å². The fourth-order valence-corrected chi connectivity index (χ4v) is 5.36. The van der Waals surface area contributed by atoms with Crippen molar-refractivity contribution < 1.29 is 23.1 Å². The molecule has 2 aromatic heterocycles. The third kappa shape index (κ3) is 5.52. The molecule has 2 aliphatic heterocycles.